The van der Waals surface area contributed by atoms with Crippen molar-refractivity contribution in [2.75, 3.05) is 44.8 Å². The number of nitrogens with one attached hydrogen (secondary N) is 2. The largest absolute Gasteiger partial charge is 0.462 e. The van der Waals surface area contributed by atoms with E-state index in [1.54, 1.807) is 6.92 Å². The molecule has 27 heavy (non-hydrogen) atoms. The molecule has 144 valence electrons. The number of carbonyl (C=O) groups excluding carboxylic acids is 2. The standard InChI is InChI=1S/C20H24N2O4S/c1-2-26-20(24)18-16(15-6-4-3-5-7-15)14-27-19(18)21-17(23)8-9-22-10-12-25-13-11-22/h3-7,14H,2,8-13H2,1H3,(H,21,23)/p+1. The highest BCUT2D eigenvalue weighted by Crippen LogP contribution is 2.36. The van der Waals surface area contributed by atoms with E-state index < -0.39 is 5.97 Å². The molecule has 2 aromatic rings. The minimum Gasteiger partial charge on any atom is -0.462 e. The molecule has 0 radical (unpaired) electrons. The highest BCUT2D eigenvalue weighted by atomic mass is 32.1. The summed E-state index contributed by atoms with van der Waals surface area (Å²) in [5, 5.41) is 5.36. The second-order valence-corrected chi connectivity index (χ2v) is 7.23. The maximum atomic E-state index is 12.5. The molecular weight excluding hydrogens is 364 g/mol. The Kier molecular flexibility index (Phi) is 6.98. The van der Waals surface area contributed by atoms with Crippen LogP contribution < -0.4 is 10.2 Å². The molecule has 0 spiro atoms. The molecule has 1 aromatic heterocycles. The third-order valence-electron chi connectivity index (χ3n) is 4.51. The molecule has 1 aromatic carbocycles. The first-order valence-corrected chi connectivity index (χ1v) is 10.1. The molecule has 3 rings (SSSR count). The summed E-state index contributed by atoms with van der Waals surface area (Å²) in [5.41, 5.74) is 2.14. The molecule has 2 N–H and O–H groups in total. The Bertz CT molecular complexity index is 770. The molecule has 0 unspecified atom stereocenters. The Balaban J connectivity index is 1.73. The van der Waals surface area contributed by atoms with Crippen molar-refractivity contribution in [1.29, 1.82) is 0 Å². The van der Waals surface area contributed by atoms with E-state index in [-0.39, 0.29) is 12.5 Å². The van der Waals surface area contributed by atoms with Gasteiger partial charge in [0.1, 0.15) is 23.7 Å². The van der Waals surface area contributed by atoms with Crippen molar-refractivity contribution in [3.63, 3.8) is 0 Å². The molecular formula is C20H25N2O4S+. The SMILES string of the molecule is CCOC(=O)c1c(-c2ccccc2)csc1NC(=O)CC[NH+]1CCOCC1. The summed E-state index contributed by atoms with van der Waals surface area (Å²) in [4.78, 5) is 26.3. The van der Waals surface area contributed by atoms with Crippen LogP contribution in [0.2, 0.25) is 0 Å². The van der Waals surface area contributed by atoms with Crippen LogP contribution in [0, 0.1) is 0 Å². The van der Waals surface area contributed by atoms with Crippen molar-refractivity contribution >= 4 is 28.2 Å². The normalized spacial score (nSPS) is 14.7. The Morgan fingerprint density at radius 3 is 2.67 bits per heavy atom. The van der Waals surface area contributed by atoms with Crippen molar-refractivity contribution in [3.8, 4) is 11.1 Å². The average molecular weight is 389 g/mol. The number of anilines is 1. The van der Waals surface area contributed by atoms with Crippen LogP contribution in [0.4, 0.5) is 5.00 Å². The van der Waals surface area contributed by atoms with Crippen molar-refractivity contribution in [2.24, 2.45) is 0 Å². The summed E-state index contributed by atoms with van der Waals surface area (Å²) < 4.78 is 10.6. The molecule has 1 saturated heterocycles. The second kappa shape index (κ2) is 9.64. The van der Waals surface area contributed by atoms with Crippen molar-refractivity contribution in [2.45, 2.75) is 13.3 Å². The highest BCUT2D eigenvalue weighted by Gasteiger charge is 2.23. The number of hydrogen-bond donors (Lipinski definition) is 2. The fourth-order valence-corrected chi connectivity index (χ4v) is 4.05. The molecule has 1 amide bonds. The van der Waals surface area contributed by atoms with Crippen LogP contribution in [0.1, 0.15) is 23.7 Å². The van der Waals surface area contributed by atoms with Crippen LogP contribution in [0.3, 0.4) is 0 Å². The van der Waals surface area contributed by atoms with Crippen molar-refractivity contribution < 1.29 is 24.0 Å². The summed E-state index contributed by atoms with van der Waals surface area (Å²) in [7, 11) is 0. The number of carbonyl (C=O) groups is 2. The van der Waals surface area contributed by atoms with Gasteiger partial charge in [-0.2, -0.15) is 0 Å². The lowest BCUT2D eigenvalue weighted by Gasteiger charge is -2.23. The third kappa shape index (κ3) is 5.15. The van der Waals surface area contributed by atoms with E-state index in [4.69, 9.17) is 9.47 Å². The zero-order valence-electron chi connectivity index (χ0n) is 15.5. The monoisotopic (exact) mass is 389 g/mol. The van der Waals surface area contributed by atoms with Gasteiger partial charge in [0.25, 0.3) is 0 Å². The number of morpholine rings is 1. The molecule has 1 aliphatic heterocycles. The number of ether oxygens (including phenoxy) is 2. The van der Waals surface area contributed by atoms with E-state index in [1.807, 2.05) is 35.7 Å². The highest BCUT2D eigenvalue weighted by molar-refractivity contribution is 7.15. The van der Waals surface area contributed by atoms with Crippen LogP contribution in [0.5, 0.6) is 0 Å². The molecule has 1 fully saturated rings. The van der Waals surface area contributed by atoms with Gasteiger partial charge in [0.2, 0.25) is 5.91 Å². The van der Waals surface area contributed by atoms with Crippen molar-refractivity contribution in [3.05, 3.63) is 41.3 Å². The van der Waals surface area contributed by atoms with Crippen molar-refractivity contribution in [1.82, 2.24) is 0 Å². The van der Waals surface area contributed by atoms with Crippen LogP contribution in [0.25, 0.3) is 11.1 Å². The first-order chi connectivity index (χ1) is 13.2. The number of amides is 1. The van der Waals surface area contributed by atoms with Crippen LogP contribution in [-0.2, 0) is 14.3 Å². The van der Waals surface area contributed by atoms with E-state index in [1.165, 1.54) is 16.2 Å². The number of hydrogen-bond acceptors (Lipinski definition) is 5. The summed E-state index contributed by atoms with van der Waals surface area (Å²) in [6.07, 6.45) is 0.413. The van der Waals surface area contributed by atoms with Gasteiger partial charge >= 0.3 is 5.97 Å². The zero-order valence-corrected chi connectivity index (χ0v) is 16.3. The molecule has 2 heterocycles. The fraction of sp³-hybridized carbons (Fsp3) is 0.400. The van der Waals surface area contributed by atoms with Gasteiger partial charge in [-0.05, 0) is 12.5 Å². The topological polar surface area (TPSA) is 69.1 Å². The van der Waals surface area contributed by atoms with Gasteiger partial charge < -0.3 is 19.7 Å². The number of rotatable bonds is 7. The molecule has 0 saturated carbocycles. The van der Waals surface area contributed by atoms with Crippen LogP contribution in [0.15, 0.2) is 35.7 Å². The van der Waals surface area contributed by atoms with Crippen LogP contribution in [-0.4, -0.2) is 51.3 Å². The summed E-state index contributed by atoms with van der Waals surface area (Å²) in [5.74, 6) is -0.493. The Morgan fingerprint density at radius 2 is 1.96 bits per heavy atom. The van der Waals surface area contributed by atoms with Gasteiger partial charge in [-0.15, -0.1) is 11.3 Å². The Morgan fingerprint density at radius 1 is 1.22 bits per heavy atom. The van der Waals surface area contributed by atoms with Gasteiger partial charge in [0.05, 0.1) is 32.8 Å². The average Bonchev–Trinajstić information content (AvgIpc) is 3.11. The Labute approximate surface area is 163 Å². The van der Waals surface area contributed by atoms with Crippen LogP contribution >= 0.6 is 11.3 Å². The van der Waals surface area contributed by atoms with E-state index in [0.717, 1.165) is 44.0 Å². The second-order valence-electron chi connectivity index (χ2n) is 6.35. The summed E-state index contributed by atoms with van der Waals surface area (Å²) >= 11 is 1.36. The first-order valence-electron chi connectivity index (χ1n) is 9.24. The number of benzene rings is 1. The predicted molar refractivity (Wildman–Crippen MR) is 105 cm³/mol. The predicted octanol–water partition coefficient (Wildman–Crippen LogP) is 1.84. The van der Waals surface area contributed by atoms with E-state index in [0.29, 0.717) is 17.0 Å². The van der Waals surface area contributed by atoms with E-state index in [2.05, 4.69) is 5.32 Å². The van der Waals surface area contributed by atoms with Gasteiger partial charge in [0.15, 0.2) is 0 Å². The molecule has 6 nitrogen and oxygen atoms in total. The first kappa shape index (κ1) is 19.5. The van der Waals surface area contributed by atoms with Gasteiger partial charge in [-0.25, -0.2) is 4.79 Å². The Hall–Kier alpha value is -2.22. The third-order valence-corrected chi connectivity index (χ3v) is 5.41. The number of quaternary nitrogens is 1. The lowest BCUT2D eigenvalue weighted by Crippen LogP contribution is -3.14. The smallest absolute Gasteiger partial charge is 0.341 e. The maximum Gasteiger partial charge on any atom is 0.341 e. The minimum atomic E-state index is -0.410. The van der Waals surface area contributed by atoms with E-state index >= 15 is 0 Å². The summed E-state index contributed by atoms with van der Waals surface area (Å²) in [6, 6.07) is 9.66. The zero-order chi connectivity index (χ0) is 19.1. The number of thiophene rings is 1. The molecule has 1 aliphatic rings. The summed E-state index contributed by atoms with van der Waals surface area (Å²) in [6.45, 7) is 6.18. The molecule has 0 atom stereocenters. The minimum absolute atomic E-state index is 0.0824. The number of esters is 1. The molecule has 0 aliphatic carbocycles. The maximum absolute atomic E-state index is 12.5. The lowest BCUT2D eigenvalue weighted by atomic mass is 10.0. The van der Waals surface area contributed by atoms with Gasteiger partial charge in [0, 0.05) is 10.9 Å². The molecule has 0 bridgehead atoms. The van der Waals surface area contributed by atoms with Gasteiger partial charge in [-0.1, -0.05) is 30.3 Å². The fourth-order valence-electron chi connectivity index (χ4n) is 3.08. The van der Waals surface area contributed by atoms with E-state index in [9.17, 15) is 9.59 Å². The quantitative estimate of drug-likeness (QED) is 0.709. The van der Waals surface area contributed by atoms with Gasteiger partial charge in [-0.3, -0.25) is 4.79 Å². The molecule has 7 heteroatoms. The lowest BCUT2D eigenvalue weighted by molar-refractivity contribution is -0.907.